The van der Waals surface area contributed by atoms with Crippen LogP contribution in [0.15, 0.2) is 18.2 Å². The Morgan fingerprint density at radius 3 is 2.29 bits per heavy atom. The van der Waals surface area contributed by atoms with Crippen LogP contribution in [-0.2, 0) is 4.74 Å². The molecule has 1 aromatic rings. The molecule has 0 saturated carbocycles. The van der Waals surface area contributed by atoms with Gasteiger partial charge in [-0.1, -0.05) is 35.0 Å². The number of benzene rings is 1. The van der Waals surface area contributed by atoms with E-state index in [0.717, 1.165) is 5.56 Å². The fourth-order valence-corrected chi connectivity index (χ4v) is 2.79. The number of amides is 3. The van der Waals surface area contributed by atoms with Crippen LogP contribution in [0.2, 0.25) is 10.0 Å². The molecule has 1 unspecified atom stereocenters. The summed E-state index contributed by atoms with van der Waals surface area (Å²) in [5, 5.41) is 3.76. The smallest absolute Gasteiger partial charge is 0.410 e. The standard InChI is InChI=1S/C20H25Cl2N3O3/c1-14(5-6-15-7-8-16(21)17(22)13-15)23-18(26)24-9-11-25(12-10-24)19(27)28-20(2,3)4/h7-8,13-14H,9-12H2,1-4H3,(H,23,26). The first-order valence-electron chi connectivity index (χ1n) is 9.05. The summed E-state index contributed by atoms with van der Waals surface area (Å²) in [6.07, 6.45) is -0.353. The van der Waals surface area contributed by atoms with Gasteiger partial charge in [0, 0.05) is 31.7 Å². The third kappa shape index (κ3) is 6.81. The highest BCUT2D eigenvalue weighted by molar-refractivity contribution is 6.42. The molecule has 1 saturated heterocycles. The number of piperazine rings is 1. The number of halogens is 2. The van der Waals surface area contributed by atoms with Gasteiger partial charge in [-0.05, 0) is 45.9 Å². The van der Waals surface area contributed by atoms with E-state index in [1.165, 1.54) is 0 Å². The van der Waals surface area contributed by atoms with Crippen molar-refractivity contribution in [2.75, 3.05) is 26.2 Å². The topological polar surface area (TPSA) is 61.9 Å². The Morgan fingerprint density at radius 2 is 1.71 bits per heavy atom. The molecule has 1 aliphatic heterocycles. The summed E-state index contributed by atoms with van der Waals surface area (Å²) in [6, 6.07) is 4.58. The number of hydrogen-bond acceptors (Lipinski definition) is 3. The van der Waals surface area contributed by atoms with Gasteiger partial charge < -0.3 is 19.9 Å². The maximum absolute atomic E-state index is 12.4. The molecule has 152 valence electrons. The Balaban J connectivity index is 1.83. The van der Waals surface area contributed by atoms with Crippen molar-refractivity contribution in [2.45, 2.75) is 39.3 Å². The first kappa shape index (κ1) is 22.2. The molecule has 28 heavy (non-hydrogen) atoms. The molecule has 2 rings (SSSR count). The molecule has 1 fully saturated rings. The molecule has 6 nitrogen and oxygen atoms in total. The summed E-state index contributed by atoms with van der Waals surface area (Å²) in [5.41, 5.74) is 0.190. The van der Waals surface area contributed by atoms with E-state index in [1.54, 1.807) is 34.9 Å². The molecule has 1 N–H and O–H groups in total. The van der Waals surface area contributed by atoms with Gasteiger partial charge in [0.25, 0.3) is 0 Å². The van der Waals surface area contributed by atoms with Gasteiger partial charge in [-0.25, -0.2) is 9.59 Å². The lowest BCUT2D eigenvalue weighted by Crippen LogP contribution is -2.54. The Kier molecular flexibility index (Phi) is 7.45. The quantitative estimate of drug-likeness (QED) is 0.691. The summed E-state index contributed by atoms with van der Waals surface area (Å²) in [6.45, 7) is 9.05. The molecule has 1 atom stereocenters. The van der Waals surface area contributed by atoms with Crippen molar-refractivity contribution in [3.05, 3.63) is 33.8 Å². The number of rotatable bonds is 1. The molecular formula is C20H25Cl2N3O3. The average Bonchev–Trinajstić information content (AvgIpc) is 2.61. The second-order valence-corrected chi connectivity index (χ2v) is 8.34. The van der Waals surface area contributed by atoms with Crippen LogP contribution in [0.1, 0.15) is 33.3 Å². The summed E-state index contributed by atoms with van der Waals surface area (Å²) in [4.78, 5) is 27.8. The molecule has 0 aliphatic carbocycles. The van der Waals surface area contributed by atoms with Gasteiger partial charge in [0.2, 0.25) is 0 Å². The lowest BCUT2D eigenvalue weighted by molar-refractivity contribution is 0.0169. The Hall–Kier alpha value is -2.10. The van der Waals surface area contributed by atoms with Crippen molar-refractivity contribution < 1.29 is 14.3 Å². The molecule has 0 radical (unpaired) electrons. The average molecular weight is 426 g/mol. The number of carbonyl (C=O) groups is 2. The van der Waals surface area contributed by atoms with Crippen molar-refractivity contribution in [1.29, 1.82) is 0 Å². The van der Waals surface area contributed by atoms with Crippen molar-refractivity contribution >= 4 is 35.3 Å². The summed E-state index contributed by atoms with van der Waals surface area (Å²) >= 11 is 11.9. The highest BCUT2D eigenvalue weighted by atomic mass is 35.5. The van der Waals surface area contributed by atoms with Crippen LogP contribution < -0.4 is 5.32 Å². The molecule has 1 heterocycles. The van der Waals surface area contributed by atoms with Crippen LogP contribution >= 0.6 is 23.2 Å². The first-order chi connectivity index (χ1) is 13.0. The molecule has 0 spiro atoms. The minimum atomic E-state index is -0.534. The monoisotopic (exact) mass is 425 g/mol. The van der Waals surface area contributed by atoms with Crippen LogP contribution in [0.3, 0.4) is 0 Å². The van der Waals surface area contributed by atoms with Crippen LogP contribution in [0.5, 0.6) is 0 Å². The van der Waals surface area contributed by atoms with Gasteiger partial charge in [0.05, 0.1) is 16.1 Å². The van der Waals surface area contributed by atoms with E-state index in [9.17, 15) is 9.59 Å². The molecular weight excluding hydrogens is 401 g/mol. The minimum Gasteiger partial charge on any atom is -0.444 e. The number of urea groups is 1. The zero-order valence-corrected chi connectivity index (χ0v) is 18.0. The van der Waals surface area contributed by atoms with E-state index < -0.39 is 5.60 Å². The van der Waals surface area contributed by atoms with E-state index in [1.807, 2.05) is 20.8 Å². The van der Waals surface area contributed by atoms with Crippen LogP contribution in [0.25, 0.3) is 0 Å². The lowest BCUT2D eigenvalue weighted by atomic mass is 10.2. The van der Waals surface area contributed by atoms with Crippen LogP contribution in [0, 0.1) is 11.8 Å². The van der Waals surface area contributed by atoms with Gasteiger partial charge in [-0.3, -0.25) is 0 Å². The minimum absolute atomic E-state index is 0.209. The summed E-state index contributed by atoms with van der Waals surface area (Å²) in [7, 11) is 0. The van der Waals surface area contributed by atoms with Gasteiger partial charge in [-0.2, -0.15) is 0 Å². The summed E-state index contributed by atoms with van der Waals surface area (Å²) < 4.78 is 5.36. The Labute approximate surface area is 176 Å². The van der Waals surface area contributed by atoms with E-state index in [-0.39, 0.29) is 18.2 Å². The third-order valence-electron chi connectivity index (χ3n) is 3.91. The molecule has 3 amide bonds. The zero-order chi connectivity index (χ0) is 20.9. The number of carbonyl (C=O) groups excluding carboxylic acids is 2. The van der Waals surface area contributed by atoms with E-state index in [4.69, 9.17) is 27.9 Å². The Bertz CT molecular complexity index is 788. The SMILES string of the molecule is CC(C#Cc1ccc(Cl)c(Cl)c1)NC(=O)N1CCN(C(=O)OC(C)(C)C)CC1. The maximum Gasteiger partial charge on any atom is 0.410 e. The number of hydrogen-bond donors (Lipinski definition) is 1. The predicted molar refractivity (Wildman–Crippen MR) is 111 cm³/mol. The summed E-state index contributed by atoms with van der Waals surface area (Å²) in [5.74, 6) is 5.94. The second kappa shape index (κ2) is 9.40. The highest BCUT2D eigenvalue weighted by Gasteiger charge is 2.27. The molecule has 1 aromatic carbocycles. The lowest BCUT2D eigenvalue weighted by Gasteiger charge is -2.35. The van der Waals surface area contributed by atoms with E-state index in [0.29, 0.717) is 36.2 Å². The van der Waals surface area contributed by atoms with E-state index >= 15 is 0 Å². The molecule has 0 aromatic heterocycles. The van der Waals surface area contributed by atoms with Gasteiger partial charge in [-0.15, -0.1) is 0 Å². The van der Waals surface area contributed by atoms with Gasteiger partial charge in [0.1, 0.15) is 5.60 Å². The first-order valence-corrected chi connectivity index (χ1v) is 9.81. The zero-order valence-electron chi connectivity index (χ0n) is 16.5. The maximum atomic E-state index is 12.4. The third-order valence-corrected chi connectivity index (χ3v) is 4.65. The fourth-order valence-electron chi connectivity index (χ4n) is 2.50. The fraction of sp³-hybridized carbons (Fsp3) is 0.500. The number of ether oxygens (including phenoxy) is 1. The number of nitrogens with zero attached hydrogens (tertiary/aromatic N) is 2. The van der Waals surface area contributed by atoms with Gasteiger partial charge >= 0.3 is 12.1 Å². The van der Waals surface area contributed by atoms with Gasteiger partial charge in [0.15, 0.2) is 0 Å². The number of nitrogens with one attached hydrogen (secondary N) is 1. The highest BCUT2D eigenvalue weighted by Crippen LogP contribution is 2.22. The van der Waals surface area contributed by atoms with E-state index in [2.05, 4.69) is 17.2 Å². The largest absolute Gasteiger partial charge is 0.444 e. The van der Waals surface area contributed by atoms with Crippen molar-refractivity contribution in [3.63, 3.8) is 0 Å². The van der Waals surface area contributed by atoms with Crippen molar-refractivity contribution in [3.8, 4) is 11.8 Å². The Morgan fingerprint density at radius 1 is 1.11 bits per heavy atom. The predicted octanol–water partition coefficient (Wildman–Crippen LogP) is 4.00. The molecule has 8 heteroatoms. The second-order valence-electron chi connectivity index (χ2n) is 7.52. The van der Waals surface area contributed by atoms with Crippen LogP contribution in [0.4, 0.5) is 9.59 Å². The molecule has 1 aliphatic rings. The normalized spacial score (nSPS) is 15.4. The van der Waals surface area contributed by atoms with Crippen molar-refractivity contribution in [2.24, 2.45) is 0 Å². The molecule has 0 bridgehead atoms. The van der Waals surface area contributed by atoms with Crippen LogP contribution in [-0.4, -0.2) is 59.7 Å². The van der Waals surface area contributed by atoms with Crippen molar-refractivity contribution in [1.82, 2.24) is 15.1 Å².